The van der Waals surface area contributed by atoms with Crippen molar-refractivity contribution in [3.8, 4) is 11.5 Å². The van der Waals surface area contributed by atoms with Crippen molar-refractivity contribution in [2.45, 2.75) is 58.3 Å². The second kappa shape index (κ2) is 5.76. The number of nitrogens with one attached hydrogen (secondary N) is 1. The summed E-state index contributed by atoms with van der Waals surface area (Å²) in [6.45, 7) is 10.5. The van der Waals surface area contributed by atoms with E-state index in [1.807, 2.05) is 6.07 Å². The fraction of sp³-hybridized carbons (Fsp3) is 0.647. The van der Waals surface area contributed by atoms with Gasteiger partial charge in [0.15, 0.2) is 11.5 Å². The lowest BCUT2D eigenvalue weighted by atomic mass is 9.96. The molecule has 4 nitrogen and oxygen atoms in total. The minimum absolute atomic E-state index is 0.445. The smallest absolute Gasteiger partial charge is 0.163 e. The molecule has 0 aliphatic carbocycles. The molecule has 21 heavy (non-hydrogen) atoms. The molecule has 1 aromatic rings. The molecule has 0 bridgehead atoms. The van der Waals surface area contributed by atoms with Crippen LogP contribution in [0.5, 0.6) is 11.5 Å². The summed E-state index contributed by atoms with van der Waals surface area (Å²) < 4.78 is 11.6. The highest BCUT2D eigenvalue weighted by Crippen LogP contribution is 2.36. The molecule has 1 aromatic carbocycles. The topological polar surface area (TPSA) is 33.7 Å². The summed E-state index contributed by atoms with van der Waals surface area (Å²) >= 11 is 0. The standard InChI is InChI=1S/C17H26N2O2/c1-11-13(3)19(14(4)12(2)18-11)15-6-7-16-17(10-15)21-9-5-8-20-16/h6-7,10-14,18H,5,8-9H2,1-4H3. The summed E-state index contributed by atoms with van der Waals surface area (Å²) in [4.78, 5) is 2.50. The van der Waals surface area contributed by atoms with Crippen LogP contribution in [0.15, 0.2) is 18.2 Å². The Morgan fingerprint density at radius 3 is 2.24 bits per heavy atom. The second-order valence-electron chi connectivity index (χ2n) is 6.31. The zero-order chi connectivity index (χ0) is 15.0. The van der Waals surface area contributed by atoms with Crippen LogP contribution in [0.4, 0.5) is 5.69 Å². The van der Waals surface area contributed by atoms with Gasteiger partial charge in [0, 0.05) is 42.3 Å². The van der Waals surface area contributed by atoms with Crippen LogP contribution in [0.3, 0.4) is 0 Å². The minimum atomic E-state index is 0.445. The van der Waals surface area contributed by atoms with E-state index in [2.05, 4.69) is 50.0 Å². The van der Waals surface area contributed by atoms with E-state index < -0.39 is 0 Å². The molecule has 0 saturated carbocycles. The molecular formula is C17H26N2O2. The number of ether oxygens (including phenoxy) is 2. The maximum absolute atomic E-state index is 5.84. The van der Waals surface area contributed by atoms with E-state index in [9.17, 15) is 0 Å². The molecular weight excluding hydrogens is 264 g/mol. The monoisotopic (exact) mass is 290 g/mol. The maximum Gasteiger partial charge on any atom is 0.163 e. The minimum Gasteiger partial charge on any atom is -0.490 e. The molecule has 1 N–H and O–H groups in total. The van der Waals surface area contributed by atoms with E-state index in [0.29, 0.717) is 24.2 Å². The van der Waals surface area contributed by atoms with Crippen molar-refractivity contribution in [3.05, 3.63) is 18.2 Å². The summed E-state index contributed by atoms with van der Waals surface area (Å²) in [7, 11) is 0. The first kappa shape index (κ1) is 14.5. The molecule has 3 rings (SSSR count). The summed E-state index contributed by atoms with van der Waals surface area (Å²) in [5.41, 5.74) is 1.22. The summed E-state index contributed by atoms with van der Waals surface area (Å²) in [6.07, 6.45) is 0.943. The Kier molecular flexibility index (Phi) is 3.98. The van der Waals surface area contributed by atoms with Gasteiger partial charge in [0.25, 0.3) is 0 Å². The fourth-order valence-electron chi connectivity index (χ4n) is 3.33. The van der Waals surface area contributed by atoms with Crippen LogP contribution in [-0.4, -0.2) is 37.4 Å². The van der Waals surface area contributed by atoms with Gasteiger partial charge in [0.1, 0.15) is 0 Å². The third-order valence-electron chi connectivity index (χ3n) is 4.88. The Labute approximate surface area is 127 Å². The normalized spacial score (nSPS) is 32.7. The fourth-order valence-corrected chi connectivity index (χ4v) is 3.33. The van der Waals surface area contributed by atoms with E-state index in [-0.39, 0.29) is 0 Å². The Hall–Kier alpha value is -1.42. The summed E-state index contributed by atoms with van der Waals surface area (Å²) in [5.74, 6) is 1.75. The number of piperazine rings is 1. The number of fused-ring (bicyclic) bond motifs is 1. The first-order valence-corrected chi connectivity index (χ1v) is 8.02. The number of nitrogens with zero attached hydrogens (tertiary/aromatic N) is 1. The lowest BCUT2D eigenvalue weighted by Crippen LogP contribution is -2.64. The lowest BCUT2D eigenvalue weighted by molar-refractivity contribution is 0.293. The molecule has 2 aliphatic rings. The summed E-state index contributed by atoms with van der Waals surface area (Å²) in [6, 6.07) is 8.16. The number of rotatable bonds is 1. The molecule has 116 valence electrons. The molecule has 0 aromatic heterocycles. The molecule has 1 fully saturated rings. The van der Waals surface area contributed by atoms with Crippen molar-refractivity contribution in [3.63, 3.8) is 0 Å². The molecule has 4 atom stereocenters. The predicted octanol–water partition coefficient (Wildman–Crippen LogP) is 2.81. The third kappa shape index (κ3) is 2.69. The Morgan fingerprint density at radius 1 is 0.952 bits per heavy atom. The van der Waals surface area contributed by atoms with Gasteiger partial charge in [0.05, 0.1) is 13.2 Å². The van der Waals surface area contributed by atoms with E-state index in [4.69, 9.17) is 9.47 Å². The van der Waals surface area contributed by atoms with Gasteiger partial charge in [-0.05, 0) is 39.8 Å². The molecule has 4 unspecified atom stereocenters. The highest BCUT2D eigenvalue weighted by molar-refractivity contribution is 5.58. The van der Waals surface area contributed by atoms with Gasteiger partial charge in [-0.2, -0.15) is 0 Å². The molecule has 1 saturated heterocycles. The summed E-state index contributed by atoms with van der Waals surface area (Å²) in [5, 5.41) is 3.65. The highest BCUT2D eigenvalue weighted by atomic mass is 16.5. The van der Waals surface area contributed by atoms with Crippen LogP contribution >= 0.6 is 0 Å². The average Bonchev–Trinajstić information content (AvgIpc) is 2.70. The molecule has 0 radical (unpaired) electrons. The molecule has 2 heterocycles. The van der Waals surface area contributed by atoms with Crippen LogP contribution in [0.2, 0.25) is 0 Å². The number of benzene rings is 1. The zero-order valence-corrected chi connectivity index (χ0v) is 13.4. The van der Waals surface area contributed by atoms with Gasteiger partial charge >= 0.3 is 0 Å². The van der Waals surface area contributed by atoms with Crippen LogP contribution in [-0.2, 0) is 0 Å². The molecule has 0 spiro atoms. The average molecular weight is 290 g/mol. The Balaban J connectivity index is 1.93. The Morgan fingerprint density at radius 2 is 1.57 bits per heavy atom. The van der Waals surface area contributed by atoms with Crippen LogP contribution in [0.1, 0.15) is 34.1 Å². The van der Waals surface area contributed by atoms with Crippen molar-refractivity contribution in [1.29, 1.82) is 0 Å². The maximum atomic E-state index is 5.84. The predicted molar refractivity (Wildman–Crippen MR) is 85.5 cm³/mol. The van der Waals surface area contributed by atoms with Gasteiger partial charge in [-0.3, -0.25) is 0 Å². The largest absolute Gasteiger partial charge is 0.490 e. The van der Waals surface area contributed by atoms with E-state index >= 15 is 0 Å². The van der Waals surface area contributed by atoms with Gasteiger partial charge in [0.2, 0.25) is 0 Å². The van der Waals surface area contributed by atoms with E-state index in [1.54, 1.807) is 0 Å². The van der Waals surface area contributed by atoms with Crippen LogP contribution < -0.4 is 19.7 Å². The number of anilines is 1. The zero-order valence-electron chi connectivity index (χ0n) is 13.4. The van der Waals surface area contributed by atoms with Gasteiger partial charge in [-0.1, -0.05) is 0 Å². The lowest BCUT2D eigenvalue weighted by Gasteiger charge is -2.48. The second-order valence-corrected chi connectivity index (χ2v) is 6.31. The van der Waals surface area contributed by atoms with Gasteiger partial charge < -0.3 is 19.7 Å². The quantitative estimate of drug-likeness (QED) is 0.862. The van der Waals surface area contributed by atoms with E-state index in [0.717, 1.165) is 31.1 Å². The first-order chi connectivity index (χ1) is 10.1. The van der Waals surface area contributed by atoms with Crippen molar-refractivity contribution in [2.24, 2.45) is 0 Å². The first-order valence-electron chi connectivity index (χ1n) is 8.02. The molecule has 2 aliphatic heterocycles. The third-order valence-corrected chi connectivity index (χ3v) is 4.88. The number of hydrogen-bond donors (Lipinski definition) is 1. The molecule has 4 heteroatoms. The van der Waals surface area contributed by atoms with Gasteiger partial charge in [-0.25, -0.2) is 0 Å². The van der Waals surface area contributed by atoms with Gasteiger partial charge in [-0.15, -0.1) is 0 Å². The number of hydrogen-bond acceptors (Lipinski definition) is 4. The highest BCUT2D eigenvalue weighted by Gasteiger charge is 2.34. The van der Waals surface area contributed by atoms with Crippen LogP contribution in [0.25, 0.3) is 0 Å². The van der Waals surface area contributed by atoms with Crippen molar-refractivity contribution < 1.29 is 9.47 Å². The molecule has 0 amide bonds. The Bertz CT molecular complexity index is 492. The van der Waals surface area contributed by atoms with Crippen molar-refractivity contribution in [2.75, 3.05) is 18.1 Å². The van der Waals surface area contributed by atoms with Crippen molar-refractivity contribution >= 4 is 5.69 Å². The van der Waals surface area contributed by atoms with E-state index in [1.165, 1.54) is 5.69 Å². The van der Waals surface area contributed by atoms with Crippen molar-refractivity contribution in [1.82, 2.24) is 5.32 Å². The SMILES string of the molecule is CC1NC(C)C(C)N(c2ccc3c(c2)OCCCO3)C1C. The van der Waals surface area contributed by atoms with Crippen LogP contribution in [0, 0.1) is 0 Å².